The molecule has 1 N–H and O–H groups in total. The van der Waals surface area contributed by atoms with Gasteiger partial charge in [0.15, 0.2) is 0 Å². The summed E-state index contributed by atoms with van der Waals surface area (Å²) in [7, 11) is 3.28. The van der Waals surface area contributed by atoms with Crippen LogP contribution in [0.15, 0.2) is 29.3 Å². The minimum Gasteiger partial charge on any atom is -0.507 e. The van der Waals surface area contributed by atoms with Crippen molar-refractivity contribution in [2.45, 2.75) is 0 Å². The summed E-state index contributed by atoms with van der Waals surface area (Å²) >= 11 is 0. The molecule has 1 aromatic rings. The Morgan fingerprint density at radius 1 is 1.40 bits per heavy atom. The van der Waals surface area contributed by atoms with Crippen molar-refractivity contribution in [1.29, 1.82) is 0 Å². The van der Waals surface area contributed by atoms with E-state index < -0.39 is 0 Å². The number of hydrogen-bond acceptors (Lipinski definition) is 2. The van der Waals surface area contributed by atoms with Crippen molar-refractivity contribution in [2.75, 3.05) is 0 Å². The third-order valence-corrected chi connectivity index (χ3v) is 1.17. The third-order valence-electron chi connectivity index (χ3n) is 1.17. The number of aliphatic imine (C=N–C) groups is 1. The van der Waals surface area contributed by atoms with Crippen molar-refractivity contribution >= 4 is 6.21 Å². The third kappa shape index (κ3) is 1.35. The van der Waals surface area contributed by atoms with Crippen molar-refractivity contribution in [3.8, 4) is 5.75 Å². The molecule has 2 heteroatoms. The van der Waals surface area contributed by atoms with Gasteiger partial charge in [0.05, 0.1) is 7.05 Å². The first kappa shape index (κ1) is 6.81. The fourth-order valence-electron chi connectivity index (χ4n) is 0.695. The van der Waals surface area contributed by atoms with E-state index in [0.29, 0.717) is 5.56 Å². The van der Waals surface area contributed by atoms with Gasteiger partial charge in [-0.3, -0.25) is 4.99 Å². The second-order valence-corrected chi connectivity index (χ2v) is 1.87. The van der Waals surface area contributed by atoms with Crippen LogP contribution in [0.25, 0.3) is 0 Å². The molecule has 0 unspecified atom stereocenters. The average Bonchev–Trinajstić information content (AvgIpc) is 1.94. The van der Waals surface area contributed by atoms with E-state index in [4.69, 9.17) is 5.11 Å². The number of para-hydroxylation sites is 1. The van der Waals surface area contributed by atoms with E-state index in [1.807, 2.05) is 6.07 Å². The van der Waals surface area contributed by atoms with Crippen LogP contribution in [0.2, 0.25) is 0 Å². The maximum Gasteiger partial charge on any atom is 0.124 e. The zero-order valence-corrected chi connectivity index (χ0v) is 5.49. The van der Waals surface area contributed by atoms with Crippen molar-refractivity contribution in [3.05, 3.63) is 36.9 Å². The molecule has 1 radical (unpaired) electrons. The monoisotopic (exact) mass is 134 g/mol. The fraction of sp³-hybridized carbons (Fsp3) is 0. The van der Waals surface area contributed by atoms with Gasteiger partial charge in [-0.2, -0.15) is 0 Å². The molecule has 2 nitrogen and oxygen atoms in total. The first-order valence-electron chi connectivity index (χ1n) is 2.91. The van der Waals surface area contributed by atoms with Gasteiger partial charge in [-0.25, -0.2) is 0 Å². The van der Waals surface area contributed by atoms with Gasteiger partial charge < -0.3 is 5.11 Å². The highest BCUT2D eigenvalue weighted by molar-refractivity contribution is 5.83. The van der Waals surface area contributed by atoms with Gasteiger partial charge in [-0.1, -0.05) is 12.1 Å². The van der Waals surface area contributed by atoms with Gasteiger partial charge in [-0.15, -0.1) is 0 Å². The van der Waals surface area contributed by atoms with Crippen LogP contribution in [-0.4, -0.2) is 11.3 Å². The van der Waals surface area contributed by atoms with E-state index >= 15 is 0 Å². The molecule has 1 rings (SSSR count). The summed E-state index contributed by atoms with van der Waals surface area (Å²) in [6.45, 7) is 0. The lowest BCUT2D eigenvalue weighted by molar-refractivity contribution is 0.474. The summed E-state index contributed by atoms with van der Waals surface area (Å²) < 4.78 is 0. The number of phenolic OH excluding ortho intramolecular Hbond substituents is 1. The average molecular weight is 134 g/mol. The molecule has 0 heterocycles. The van der Waals surface area contributed by atoms with Gasteiger partial charge in [-0.05, 0) is 12.1 Å². The maximum atomic E-state index is 9.12. The SMILES string of the molecule is [CH2]N=Cc1ccccc1O. The molecule has 0 atom stereocenters. The summed E-state index contributed by atoms with van der Waals surface area (Å²) in [5.41, 5.74) is 0.692. The van der Waals surface area contributed by atoms with E-state index in [0.717, 1.165) is 0 Å². The summed E-state index contributed by atoms with van der Waals surface area (Å²) in [5, 5.41) is 9.12. The number of benzene rings is 1. The topological polar surface area (TPSA) is 32.6 Å². The molecule has 51 valence electrons. The smallest absolute Gasteiger partial charge is 0.124 e. The van der Waals surface area contributed by atoms with Crippen LogP contribution in [0, 0.1) is 7.05 Å². The van der Waals surface area contributed by atoms with Crippen LogP contribution in [0.3, 0.4) is 0 Å². The van der Waals surface area contributed by atoms with Crippen molar-refractivity contribution in [3.63, 3.8) is 0 Å². The first-order chi connectivity index (χ1) is 4.84. The zero-order chi connectivity index (χ0) is 7.40. The van der Waals surface area contributed by atoms with Gasteiger partial charge in [0.2, 0.25) is 0 Å². The number of hydrogen-bond donors (Lipinski definition) is 1. The quantitative estimate of drug-likeness (QED) is 0.581. The second kappa shape index (κ2) is 3.01. The molecule has 1 aromatic carbocycles. The highest BCUT2D eigenvalue weighted by Gasteiger charge is 1.91. The first-order valence-corrected chi connectivity index (χ1v) is 2.91. The minimum absolute atomic E-state index is 0.231. The zero-order valence-electron chi connectivity index (χ0n) is 5.49. The highest BCUT2D eigenvalue weighted by Crippen LogP contribution is 2.12. The Bertz CT molecular complexity index is 243. The van der Waals surface area contributed by atoms with E-state index in [2.05, 4.69) is 12.0 Å². The number of rotatable bonds is 1. The summed E-state index contributed by atoms with van der Waals surface area (Å²) in [6, 6.07) is 6.97. The molecule has 0 aromatic heterocycles. The Morgan fingerprint density at radius 2 is 2.10 bits per heavy atom. The molecule has 0 fully saturated rings. The number of phenols is 1. The Morgan fingerprint density at radius 3 is 2.70 bits per heavy atom. The molecule has 0 bridgehead atoms. The maximum absolute atomic E-state index is 9.12. The second-order valence-electron chi connectivity index (χ2n) is 1.87. The van der Waals surface area contributed by atoms with E-state index in [1.165, 1.54) is 6.21 Å². The lowest BCUT2D eigenvalue weighted by atomic mass is 10.2. The van der Waals surface area contributed by atoms with Crippen LogP contribution in [0.1, 0.15) is 5.56 Å². The highest BCUT2D eigenvalue weighted by atomic mass is 16.3. The number of nitrogens with zero attached hydrogens (tertiary/aromatic N) is 1. The molecule has 0 spiro atoms. The lowest BCUT2D eigenvalue weighted by Gasteiger charge is -1.94. The standard InChI is InChI=1S/C8H8NO/c1-9-6-7-4-2-3-5-8(7)10/h2-6,10H,1H2. The van der Waals surface area contributed by atoms with Gasteiger partial charge in [0.25, 0.3) is 0 Å². The van der Waals surface area contributed by atoms with Crippen LogP contribution in [-0.2, 0) is 0 Å². The Hall–Kier alpha value is -1.31. The van der Waals surface area contributed by atoms with Crippen LogP contribution in [0.5, 0.6) is 5.75 Å². The van der Waals surface area contributed by atoms with E-state index in [1.54, 1.807) is 18.2 Å². The molecule has 0 aliphatic rings. The normalized spacial score (nSPS) is 10.5. The van der Waals surface area contributed by atoms with Gasteiger partial charge in [0.1, 0.15) is 5.75 Å². The molecule has 0 saturated heterocycles. The van der Waals surface area contributed by atoms with E-state index in [9.17, 15) is 0 Å². The summed E-state index contributed by atoms with van der Waals surface area (Å²) in [5.74, 6) is 0.231. The number of aromatic hydroxyl groups is 1. The Balaban J connectivity index is 3.03. The fourth-order valence-corrected chi connectivity index (χ4v) is 0.695. The molecule has 0 aliphatic heterocycles. The van der Waals surface area contributed by atoms with Crippen molar-refractivity contribution in [2.24, 2.45) is 4.99 Å². The largest absolute Gasteiger partial charge is 0.507 e. The Kier molecular flexibility index (Phi) is 2.05. The van der Waals surface area contributed by atoms with E-state index in [-0.39, 0.29) is 5.75 Å². The van der Waals surface area contributed by atoms with Crippen LogP contribution >= 0.6 is 0 Å². The molecule has 0 aliphatic carbocycles. The molecule has 0 saturated carbocycles. The van der Waals surface area contributed by atoms with Crippen molar-refractivity contribution in [1.82, 2.24) is 0 Å². The van der Waals surface area contributed by atoms with Crippen molar-refractivity contribution < 1.29 is 5.11 Å². The molecule has 10 heavy (non-hydrogen) atoms. The summed E-state index contributed by atoms with van der Waals surface area (Å²) in [4.78, 5) is 3.53. The van der Waals surface area contributed by atoms with Crippen LogP contribution in [0.4, 0.5) is 0 Å². The summed E-state index contributed by atoms with van der Waals surface area (Å²) in [6.07, 6.45) is 1.51. The Labute approximate surface area is 59.9 Å². The molecule has 0 amide bonds. The molecular formula is C8H8NO. The van der Waals surface area contributed by atoms with Gasteiger partial charge in [0, 0.05) is 11.8 Å². The lowest BCUT2D eigenvalue weighted by Crippen LogP contribution is -1.78. The predicted octanol–water partition coefficient (Wildman–Crippen LogP) is 1.60. The van der Waals surface area contributed by atoms with Crippen LogP contribution < -0.4 is 0 Å². The minimum atomic E-state index is 0.231. The predicted molar refractivity (Wildman–Crippen MR) is 41.1 cm³/mol. The van der Waals surface area contributed by atoms with Gasteiger partial charge >= 0.3 is 0 Å². The molecular weight excluding hydrogens is 126 g/mol.